The van der Waals surface area contributed by atoms with E-state index in [4.69, 9.17) is 0 Å². The molecule has 10 heteroatoms. The van der Waals surface area contributed by atoms with Crippen molar-refractivity contribution in [2.45, 2.75) is 44.3 Å². The first-order valence-corrected chi connectivity index (χ1v) is 10.9. The van der Waals surface area contributed by atoms with Gasteiger partial charge in [0.15, 0.2) is 5.13 Å². The lowest BCUT2D eigenvalue weighted by Gasteiger charge is -2.31. The minimum absolute atomic E-state index is 0.108. The standard InChI is InChI=1S/C20H21FN4O4S/c1-10-16-13(6-8-24(16)18(27)14-3-2-7-23(14)20(28)29)25(17(10)26)19-22-12-5-4-11(21)9-15(12)30-19/h4-5,9-10,13-14,16H,2-3,6-8H2,1H3,(H,28,29)/t10-,13-,14-,16+/m0/s1. The molecule has 3 saturated heterocycles. The average Bonchev–Trinajstić information content (AvgIpc) is 3.46. The van der Waals surface area contributed by atoms with Gasteiger partial charge >= 0.3 is 6.09 Å². The summed E-state index contributed by atoms with van der Waals surface area (Å²) in [5, 5.41) is 9.91. The van der Waals surface area contributed by atoms with Gasteiger partial charge < -0.3 is 10.0 Å². The van der Waals surface area contributed by atoms with Gasteiger partial charge in [0, 0.05) is 13.1 Å². The number of fused-ring (bicyclic) bond motifs is 2. The maximum atomic E-state index is 13.6. The van der Waals surface area contributed by atoms with Crippen molar-refractivity contribution in [2.75, 3.05) is 18.0 Å². The molecule has 0 aliphatic carbocycles. The third-order valence-electron chi connectivity index (χ3n) is 6.50. The Morgan fingerprint density at radius 3 is 2.80 bits per heavy atom. The van der Waals surface area contributed by atoms with Gasteiger partial charge in [-0.05, 0) is 37.5 Å². The highest BCUT2D eigenvalue weighted by molar-refractivity contribution is 7.22. The normalized spacial score (nSPS) is 28.6. The molecule has 30 heavy (non-hydrogen) atoms. The molecule has 3 fully saturated rings. The number of aromatic nitrogens is 1. The number of carboxylic acid groups (broad SMARTS) is 1. The summed E-state index contributed by atoms with van der Waals surface area (Å²) in [4.78, 5) is 46.9. The van der Waals surface area contributed by atoms with Gasteiger partial charge in [-0.2, -0.15) is 0 Å². The number of rotatable bonds is 2. The number of thiazole rings is 1. The summed E-state index contributed by atoms with van der Waals surface area (Å²) in [5.74, 6) is -1.09. The van der Waals surface area contributed by atoms with Crippen molar-refractivity contribution in [3.63, 3.8) is 0 Å². The van der Waals surface area contributed by atoms with Gasteiger partial charge in [-0.15, -0.1) is 0 Å². The van der Waals surface area contributed by atoms with E-state index in [1.165, 1.54) is 28.4 Å². The van der Waals surface area contributed by atoms with E-state index in [9.17, 15) is 23.9 Å². The van der Waals surface area contributed by atoms with Crippen LogP contribution in [0.3, 0.4) is 0 Å². The zero-order chi connectivity index (χ0) is 21.2. The molecule has 0 unspecified atom stereocenters. The molecular weight excluding hydrogens is 411 g/mol. The number of anilines is 1. The highest BCUT2D eigenvalue weighted by Gasteiger charge is 2.55. The molecule has 5 rings (SSSR count). The van der Waals surface area contributed by atoms with E-state index >= 15 is 0 Å². The minimum atomic E-state index is -1.08. The molecule has 3 aliphatic rings. The average molecular weight is 432 g/mol. The van der Waals surface area contributed by atoms with Crippen LogP contribution in [-0.2, 0) is 9.59 Å². The van der Waals surface area contributed by atoms with Gasteiger partial charge in [-0.25, -0.2) is 14.2 Å². The molecule has 0 spiro atoms. The molecule has 2 aromatic rings. The van der Waals surface area contributed by atoms with Crippen molar-refractivity contribution in [1.29, 1.82) is 0 Å². The lowest BCUT2D eigenvalue weighted by Crippen LogP contribution is -2.51. The molecular formula is C20H21FN4O4S. The molecule has 8 nitrogen and oxygen atoms in total. The van der Waals surface area contributed by atoms with Crippen molar-refractivity contribution in [1.82, 2.24) is 14.8 Å². The Balaban J connectivity index is 1.44. The van der Waals surface area contributed by atoms with E-state index in [-0.39, 0.29) is 29.7 Å². The van der Waals surface area contributed by atoms with Crippen molar-refractivity contribution in [3.8, 4) is 0 Å². The van der Waals surface area contributed by atoms with Crippen molar-refractivity contribution < 1.29 is 23.9 Å². The Kier molecular flexibility index (Phi) is 4.42. The van der Waals surface area contributed by atoms with Crippen LogP contribution in [0.1, 0.15) is 26.2 Å². The number of nitrogens with zero attached hydrogens (tertiary/aromatic N) is 4. The topological polar surface area (TPSA) is 94.1 Å². The quantitative estimate of drug-likeness (QED) is 0.787. The van der Waals surface area contributed by atoms with Crippen LogP contribution in [0, 0.1) is 11.7 Å². The number of halogens is 1. The predicted octanol–water partition coefficient (Wildman–Crippen LogP) is 2.53. The van der Waals surface area contributed by atoms with Crippen molar-refractivity contribution in [2.24, 2.45) is 5.92 Å². The third kappa shape index (κ3) is 2.77. The molecule has 3 aliphatic heterocycles. The molecule has 4 heterocycles. The van der Waals surface area contributed by atoms with Crippen LogP contribution < -0.4 is 4.90 Å². The summed E-state index contributed by atoms with van der Waals surface area (Å²) in [6, 6.07) is 3.14. The monoisotopic (exact) mass is 432 g/mol. The maximum Gasteiger partial charge on any atom is 0.407 e. The summed E-state index contributed by atoms with van der Waals surface area (Å²) < 4.78 is 14.2. The zero-order valence-corrected chi connectivity index (χ0v) is 17.1. The molecule has 158 valence electrons. The molecule has 1 aromatic carbocycles. The van der Waals surface area contributed by atoms with Crippen molar-refractivity contribution in [3.05, 3.63) is 24.0 Å². The second-order valence-corrected chi connectivity index (χ2v) is 9.13. The maximum absolute atomic E-state index is 13.6. The second kappa shape index (κ2) is 6.90. The van der Waals surface area contributed by atoms with Crippen LogP contribution >= 0.6 is 11.3 Å². The molecule has 1 aromatic heterocycles. The summed E-state index contributed by atoms with van der Waals surface area (Å²) in [6.07, 6.45) is 0.693. The van der Waals surface area contributed by atoms with E-state index in [0.29, 0.717) is 47.7 Å². The van der Waals surface area contributed by atoms with Crippen LogP contribution in [0.2, 0.25) is 0 Å². The number of benzene rings is 1. The van der Waals surface area contributed by atoms with Crippen LogP contribution in [0.25, 0.3) is 10.2 Å². The smallest absolute Gasteiger partial charge is 0.407 e. The number of carbonyl (C=O) groups is 3. The van der Waals surface area contributed by atoms with E-state index < -0.39 is 18.1 Å². The fraction of sp³-hybridized carbons (Fsp3) is 0.500. The first-order valence-electron chi connectivity index (χ1n) is 10.1. The van der Waals surface area contributed by atoms with Crippen LogP contribution in [-0.4, -0.2) is 69.0 Å². The Labute approximate surface area is 175 Å². The molecule has 0 radical (unpaired) electrons. The van der Waals surface area contributed by atoms with Crippen LogP contribution in [0.15, 0.2) is 18.2 Å². The Hall–Kier alpha value is -2.75. The van der Waals surface area contributed by atoms with Gasteiger partial charge in [0.1, 0.15) is 11.9 Å². The van der Waals surface area contributed by atoms with Crippen LogP contribution in [0.5, 0.6) is 0 Å². The fourth-order valence-corrected chi connectivity index (χ4v) is 6.19. The minimum Gasteiger partial charge on any atom is -0.465 e. The third-order valence-corrected chi connectivity index (χ3v) is 7.52. The lowest BCUT2D eigenvalue weighted by atomic mass is 10.0. The van der Waals surface area contributed by atoms with E-state index in [2.05, 4.69) is 4.98 Å². The molecule has 3 amide bonds. The number of likely N-dealkylation sites (tertiary alicyclic amines) is 2. The molecule has 0 bridgehead atoms. The Morgan fingerprint density at radius 2 is 2.03 bits per heavy atom. The number of hydrogen-bond donors (Lipinski definition) is 1. The molecule has 1 N–H and O–H groups in total. The summed E-state index contributed by atoms with van der Waals surface area (Å²) in [7, 11) is 0. The summed E-state index contributed by atoms with van der Waals surface area (Å²) >= 11 is 1.27. The highest BCUT2D eigenvalue weighted by Crippen LogP contribution is 2.42. The Bertz CT molecular complexity index is 1060. The molecule has 4 atom stereocenters. The summed E-state index contributed by atoms with van der Waals surface area (Å²) in [5.41, 5.74) is 0.634. The first-order chi connectivity index (χ1) is 14.4. The highest BCUT2D eigenvalue weighted by atomic mass is 32.1. The second-order valence-electron chi connectivity index (χ2n) is 8.12. The van der Waals surface area contributed by atoms with E-state index in [1.807, 2.05) is 6.92 Å². The van der Waals surface area contributed by atoms with Gasteiger partial charge in [-0.3, -0.25) is 19.4 Å². The van der Waals surface area contributed by atoms with Crippen molar-refractivity contribution >= 4 is 44.6 Å². The lowest BCUT2D eigenvalue weighted by molar-refractivity contribution is -0.137. The number of hydrogen-bond acceptors (Lipinski definition) is 5. The first kappa shape index (κ1) is 19.2. The number of carbonyl (C=O) groups excluding carboxylic acids is 2. The fourth-order valence-electron chi connectivity index (χ4n) is 5.14. The van der Waals surface area contributed by atoms with Gasteiger partial charge in [0.25, 0.3) is 0 Å². The van der Waals surface area contributed by atoms with E-state index in [1.54, 1.807) is 15.9 Å². The van der Waals surface area contributed by atoms with Gasteiger partial charge in [0.05, 0.1) is 28.2 Å². The number of amides is 3. The largest absolute Gasteiger partial charge is 0.465 e. The predicted molar refractivity (Wildman–Crippen MR) is 108 cm³/mol. The summed E-state index contributed by atoms with van der Waals surface area (Å²) in [6.45, 7) is 2.64. The van der Waals surface area contributed by atoms with E-state index in [0.717, 1.165) is 0 Å². The molecule has 0 saturated carbocycles. The van der Waals surface area contributed by atoms with Gasteiger partial charge in [0.2, 0.25) is 11.8 Å². The SMILES string of the molecule is C[C@@H]1C(=O)N(c2nc3ccc(F)cc3s2)[C@H]2CCN(C(=O)[C@@H]3CCCN3C(=O)O)[C@H]12. The Morgan fingerprint density at radius 1 is 1.23 bits per heavy atom. The zero-order valence-electron chi connectivity index (χ0n) is 16.3. The van der Waals surface area contributed by atoms with Crippen LogP contribution in [0.4, 0.5) is 14.3 Å². The van der Waals surface area contributed by atoms with Gasteiger partial charge in [-0.1, -0.05) is 18.3 Å².